The van der Waals surface area contributed by atoms with Crippen molar-refractivity contribution in [1.29, 1.82) is 0 Å². The van der Waals surface area contributed by atoms with Crippen LogP contribution in [0.4, 0.5) is 0 Å². The standard InChI is InChI=1S/C26H36O9S/c1-15-18-7-10-26(22(15)29)20(11-18)25(14-34-17(3)28)9-6-8-24(4,13-33-16(2)27)21(25)19(23(26)30)12-35-36(5,31)32/h18-21H,1,6-14H2,2-5H3/t18-,19?,20?,21?,24-,25+,26-/m0/s1. The zero-order valence-corrected chi connectivity index (χ0v) is 22.3. The van der Waals surface area contributed by atoms with Crippen molar-refractivity contribution in [2.75, 3.05) is 26.1 Å². The van der Waals surface area contributed by atoms with Gasteiger partial charge in [0, 0.05) is 30.6 Å². The molecular weight excluding hydrogens is 488 g/mol. The molecule has 0 aliphatic heterocycles. The topological polar surface area (TPSA) is 130 Å². The summed E-state index contributed by atoms with van der Waals surface area (Å²) in [7, 11) is -3.89. The smallest absolute Gasteiger partial charge is 0.302 e. The maximum Gasteiger partial charge on any atom is 0.302 e. The van der Waals surface area contributed by atoms with E-state index in [0.29, 0.717) is 37.7 Å². The fraction of sp³-hybridized carbons (Fsp3) is 0.769. The highest BCUT2D eigenvalue weighted by Crippen LogP contribution is 2.71. The van der Waals surface area contributed by atoms with E-state index in [2.05, 4.69) is 6.58 Å². The summed E-state index contributed by atoms with van der Waals surface area (Å²) in [5, 5.41) is 0. The first kappa shape index (κ1) is 27.0. The number of fused-ring (bicyclic) bond motifs is 3. The van der Waals surface area contributed by atoms with Gasteiger partial charge in [-0.2, -0.15) is 8.42 Å². The Bertz CT molecular complexity index is 1110. The lowest BCUT2D eigenvalue weighted by Crippen LogP contribution is -2.72. The van der Waals surface area contributed by atoms with Crippen LogP contribution in [0, 0.1) is 39.9 Å². The molecule has 7 atom stereocenters. The first-order valence-electron chi connectivity index (χ1n) is 12.6. The van der Waals surface area contributed by atoms with E-state index in [1.165, 1.54) is 13.8 Å². The van der Waals surface area contributed by atoms with Crippen LogP contribution in [-0.4, -0.2) is 58.0 Å². The molecule has 0 N–H and O–H groups in total. The largest absolute Gasteiger partial charge is 0.465 e. The van der Waals surface area contributed by atoms with Crippen LogP contribution in [0.2, 0.25) is 0 Å². The highest BCUT2D eigenvalue weighted by atomic mass is 32.2. The van der Waals surface area contributed by atoms with Crippen molar-refractivity contribution < 1.29 is 41.3 Å². The molecule has 2 bridgehead atoms. The molecule has 0 heterocycles. The van der Waals surface area contributed by atoms with Crippen LogP contribution in [0.5, 0.6) is 0 Å². The summed E-state index contributed by atoms with van der Waals surface area (Å²) < 4.78 is 40.4. The van der Waals surface area contributed by atoms with E-state index in [0.717, 1.165) is 12.7 Å². The Labute approximate surface area is 212 Å². The normalized spacial score (nSPS) is 39.8. The maximum absolute atomic E-state index is 14.4. The van der Waals surface area contributed by atoms with Gasteiger partial charge in [-0.25, -0.2) is 0 Å². The second kappa shape index (κ2) is 9.04. The molecule has 3 unspecified atom stereocenters. The summed E-state index contributed by atoms with van der Waals surface area (Å²) in [6.07, 6.45) is 4.47. The van der Waals surface area contributed by atoms with E-state index < -0.39 is 56.7 Å². The van der Waals surface area contributed by atoms with E-state index in [1.807, 2.05) is 6.92 Å². The van der Waals surface area contributed by atoms with Crippen LogP contribution < -0.4 is 0 Å². The van der Waals surface area contributed by atoms with Gasteiger partial charge in [-0.15, -0.1) is 0 Å². The lowest BCUT2D eigenvalue weighted by Gasteiger charge is -2.68. The predicted octanol–water partition coefficient (Wildman–Crippen LogP) is 2.62. The van der Waals surface area contributed by atoms with Gasteiger partial charge in [-0.05, 0) is 55.4 Å². The van der Waals surface area contributed by atoms with Crippen molar-refractivity contribution in [3.63, 3.8) is 0 Å². The third-order valence-electron chi connectivity index (χ3n) is 9.44. The van der Waals surface area contributed by atoms with E-state index in [-0.39, 0.29) is 36.6 Å². The molecule has 9 nitrogen and oxygen atoms in total. The van der Waals surface area contributed by atoms with Crippen molar-refractivity contribution in [2.45, 2.75) is 59.3 Å². The minimum atomic E-state index is -3.89. The van der Waals surface area contributed by atoms with Gasteiger partial charge in [0.05, 0.1) is 31.5 Å². The summed E-state index contributed by atoms with van der Waals surface area (Å²) >= 11 is 0. The van der Waals surface area contributed by atoms with Crippen molar-refractivity contribution >= 4 is 33.6 Å². The summed E-state index contributed by atoms with van der Waals surface area (Å²) in [6.45, 7) is 8.20. The number of ether oxygens (including phenoxy) is 2. The van der Waals surface area contributed by atoms with E-state index in [4.69, 9.17) is 13.7 Å². The highest BCUT2D eigenvalue weighted by molar-refractivity contribution is 7.85. The van der Waals surface area contributed by atoms with Gasteiger partial charge >= 0.3 is 11.9 Å². The van der Waals surface area contributed by atoms with Crippen LogP contribution in [0.25, 0.3) is 0 Å². The first-order chi connectivity index (χ1) is 16.7. The Morgan fingerprint density at radius 1 is 1.06 bits per heavy atom. The Balaban J connectivity index is 1.92. The summed E-state index contributed by atoms with van der Waals surface area (Å²) in [6, 6.07) is 0. The van der Waals surface area contributed by atoms with Gasteiger partial charge in [-0.3, -0.25) is 23.4 Å². The van der Waals surface area contributed by atoms with Gasteiger partial charge in [0.15, 0.2) is 11.6 Å². The van der Waals surface area contributed by atoms with Crippen molar-refractivity contribution in [2.24, 2.45) is 39.9 Å². The fourth-order valence-electron chi connectivity index (χ4n) is 8.25. The molecule has 0 amide bonds. The molecule has 1 spiro atoms. The minimum absolute atomic E-state index is 0.00418. The Kier molecular flexibility index (Phi) is 6.78. The zero-order valence-electron chi connectivity index (χ0n) is 21.5. The Hall–Kier alpha value is -2.07. The zero-order chi connectivity index (χ0) is 26.7. The number of carbonyl (C=O) groups excluding carboxylic acids is 4. The second-order valence-electron chi connectivity index (χ2n) is 11.6. The number of esters is 2. The molecule has 0 saturated heterocycles. The summed E-state index contributed by atoms with van der Waals surface area (Å²) in [4.78, 5) is 52.0. The predicted molar refractivity (Wildman–Crippen MR) is 128 cm³/mol. The van der Waals surface area contributed by atoms with Gasteiger partial charge in [0.25, 0.3) is 10.1 Å². The van der Waals surface area contributed by atoms with Gasteiger partial charge in [-0.1, -0.05) is 19.9 Å². The molecule has 0 radical (unpaired) electrons. The molecule has 5 saturated carbocycles. The van der Waals surface area contributed by atoms with Crippen LogP contribution >= 0.6 is 0 Å². The van der Waals surface area contributed by atoms with E-state index >= 15 is 0 Å². The third-order valence-corrected chi connectivity index (χ3v) is 10.0. The quantitative estimate of drug-likeness (QED) is 0.213. The van der Waals surface area contributed by atoms with Crippen molar-refractivity contribution in [3.05, 3.63) is 12.2 Å². The molecule has 5 aliphatic rings. The van der Waals surface area contributed by atoms with E-state index in [1.54, 1.807) is 0 Å². The summed E-state index contributed by atoms with van der Waals surface area (Å²) in [5.74, 6) is -3.43. The molecule has 5 aliphatic carbocycles. The number of ketones is 2. The molecule has 5 fully saturated rings. The number of carbonyl (C=O) groups is 4. The Morgan fingerprint density at radius 3 is 2.31 bits per heavy atom. The van der Waals surface area contributed by atoms with Crippen molar-refractivity contribution in [1.82, 2.24) is 0 Å². The van der Waals surface area contributed by atoms with Crippen LogP contribution in [-0.2, 0) is 43.0 Å². The minimum Gasteiger partial charge on any atom is -0.465 e. The molecule has 200 valence electrons. The highest BCUT2D eigenvalue weighted by Gasteiger charge is 2.74. The fourth-order valence-corrected chi connectivity index (χ4v) is 8.65. The third kappa shape index (κ3) is 4.14. The lowest BCUT2D eigenvalue weighted by molar-refractivity contribution is -0.222. The lowest BCUT2D eigenvalue weighted by atomic mass is 9.34. The SMILES string of the molecule is C=C1C(=O)[C@]23CC[C@H]1CC2[C@]1(COC(C)=O)CCC[C@@](C)(COC(C)=O)C1C(COS(C)(=O)=O)C3=O. The van der Waals surface area contributed by atoms with Crippen molar-refractivity contribution in [3.8, 4) is 0 Å². The van der Waals surface area contributed by atoms with Crippen LogP contribution in [0.15, 0.2) is 12.2 Å². The Morgan fingerprint density at radius 2 is 1.69 bits per heavy atom. The monoisotopic (exact) mass is 524 g/mol. The molecule has 0 aromatic carbocycles. The first-order valence-corrected chi connectivity index (χ1v) is 14.4. The average Bonchev–Trinajstić information content (AvgIpc) is 2.79. The molecular formula is C26H36O9S. The molecule has 5 rings (SSSR count). The summed E-state index contributed by atoms with van der Waals surface area (Å²) in [5.41, 5.74) is -2.39. The van der Waals surface area contributed by atoms with Crippen LogP contribution in [0.3, 0.4) is 0 Å². The average molecular weight is 525 g/mol. The van der Waals surface area contributed by atoms with Gasteiger partial charge in [0.2, 0.25) is 0 Å². The van der Waals surface area contributed by atoms with Gasteiger partial charge < -0.3 is 9.47 Å². The van der Waals surface area contributed by atoms with Gasteiger partial charge in [0.1, 0.15) is 0 Å². The second-order valence-corrected chi connectivity index (χ2v) is 13.2. The number of hydrogen-bond acceptors (Lipinski definition) is 9. The molecule has 36 heavy (non-hydrogen) atoms. The molecule has 0 aromatic rings. The number of rotatable bonds is 7. The molecule has 10 heteroatoms. The van der Waals surface area contributed by atoms with Crippen LogP contribution in [0.1, 0.15) is 59.3 Å². The molecule has 0 aromatic heterocycles. The number of Topliss-reactive ketones (excluding diaryl/α,β-unsaturated/α-hetero) is 2. The van der Waals surface area contributed by atoms with E-state index in [9.17, 15) is 27.6 Å². The maximum atomic E-state index is 14.4. The number of hydrogen-bond donors (Lipinski definition) is 0. The number of allylic oxidation sites excluding steroid dienone is 1.